The molecule has 0 heterocycles. The number of rotatable bonds is 8. The summed E-state index contributed by atoms with van der Waals surface area (Å²) < 4.78 is 0. The van der Waals surface area contributed by atoms with Gasteiger partial charge in [0.25, 0.3) is 0 Å². The molecule has 0 bridgehead atoms. The first-order chi connectivity index (χ1) is 13.2. The lowest BCUT2D eigenvalue weighted by Gasteiger charge is -2.34. The van der Waals surface area contributed by atoms with Crippen molar-refractivity contribution in [2.45, 2.75) is 12.6 Å². The maximum atomic E-state index is 5.81. The van der Waals surface area contributed by atoms with Gasteiger partial charge in [0.2, 0.25) is 0 Å². The molecule has 0 aliphatic heterocycles. The predicted molar refractivity (Wildman–Crippen MR) is 121 cm³/mol. The van der Waals surface area contributed by atoms with Crippen molar-refractivity contribution < 1.29 is 0 Å². The Morgan fingerprint density at radius 2 is 1.11 bits per heavy atom. The quantitative estimate of drug-likeness (QED) is 0.611. The Balaban J connectivity index is 2.23. The van der Waals surface area contributed by atoms with Gasteiger partial charge in [-0.2, -0.15) is 0 Å². The molecule has 1 unspecified atom stereocenters. The molecule has 0 fully saturated rings. The van der Waals surface area contributed by atoms with E-state index in [9.17, 15) is 0 Å². The Bertz CT molecular complexity index is 709. The average Bonchev–Trinajstić information content (AvgIpc) is 2.71. The lowest BCUT2D eigenvalue weighted by molar-refractivity contribution is 0.347. The highest BCUT2D eigenvalue weighted by Crippen LogP contribution is 2.59. The van der Waals surface area contributed by atoms with Gasteiger partial charge in [-0.25, -0.2) is 0 Å². The van der Waals surface area contributed by atoms with Gasteiger partial charge >= 0.3 is 0 Å². The molecule has 3 aromatic rings. The van der Waals surface area contributed by atoms with Crippen LogP contribution < -0.4 is 21.6 Å². The molecule has 3 aromatic carbocycles. The number of hydrogen-bond acceptors (Lipinski definition) is 2. The first-order valence-electron chi connectivity index (χ1n) is 9.63. The zero-order valence-electron chi connectivity index (χ0n) is 16.3. The summed E-state index contributed by atoms with van der Waals surface area (Å²) in [5.74, 6) is 0. The molecular formula is C24H30N2P+. The van der Waals surface area contributed by atoms with Crippen LogP contribution in [0.25, 0.3) is 0 Å². The van der Waals surface area contributed by atoms with E-state index in [2.05, 4.69) is 110 Å². The second-order valence-electron chi connectivity index (χ2n) is 7.13. The topological polar surface area (TPSA) is 29.3 Å². The van der Waals surface area contributed by atoms with E-state index < -0.39 is 7.26 Å². The number of likely N-dealkylation sites (N-methyl/N-ethyl adjacent to an activating group) is 1. The Kier molecular flexibility index (Phi) is 6.79. The minimum Gasteiger partial charge on any atom is -0.329 e. The first-order valence-corrected chi connectivity index (χ1v) is 11.5. The van der Waals surface area contributed by atoms with E-state index in [0.717, 1.165) is 13.1 Å². The van der Waals surface area contributed by atoms with Gasteiger partial charge in [0.15, 0.2) is 0 Å². The molecule has 1 atom stereocenters. The van der Waals surface area contributed by atoms with Crippen LogP contribution in [0.3, 0.4) is 0 Å². The SMILES string of the molecule is CC(CN(C)CCN)[P+](c1ccccc1)(c1ccccc1)c1ccccc1. The van der Waals surface area contributed by atoms with Crippen molar-refractivity contribution in [1.29, 1.82) is 0 Å². The Morgan fingerprint density at radius 1 is 0.741 bits per heavy atom. The van der Waals surface area contributed by atoms with E-state index >= 15 is 0 Å². The molecule has 0 radical (unpaired) electrons. The molecule has 0 aliphatic carbocycles. The molecule has 3 rings (SSSR count). The van der Waals surface area contributed by atoms with Crippen molar-refractivity contribution in [3.8, 4) is 0 Å². The molecule has 0 saturated carbocycles. The number of benzene rings is 3. The zero-order valence-corrected chi connectivity index (χ0v) is 17.2. The van der Waals surface area contributed by atoms with E-state index in [4.69, 9.17) is 5.73 Å². The van der Waals surface area contributed by atoms with E-state index in [-0.39, 0.29) is 0 Å². The largest absolute Gasteiger partial charge is 0.329 e. The minimum atomic E-state index is -1.80. The molecule has 27 heavy (non-hydrogen) atoms. The lowest BCUT2D eigenvalue weighted by atomic mass is 10.3. The third-order valence-electron chi connectivity index (χ3n) is 5.24. The average molecular weight is 377 g/mol. The van der Waals surface area contributed by atoms with Crippen LogP contribution in [0.1, 0.15) is 6.92 Å². The Morgan fingerprint density at radius 3 is 1.44 bits per heavy atom. The van der Waals surface area contributed by atoms with E-state index in [0.29, 0.717) is 12.2 Å². The van der Waals surface area contributed by atoms with Gasteiger partial charge in [0.1, 0.15) is 23.2 Å². The van der Waals surface area contributed by atoms with Crippen molar-refractivity contribution in [3.63, 3.8) is 0 Å². The molecule has 0 saturated heterocycles. The second-order valence-corrected chi connectivity index (χ2v) is 11.0. The van der Waals surface area contributed by atoms with Gasteiger partial charge in [-0.05, 0) is 50.4 Å². The predicted octanol–water partition coefficient (Wildman–Crippen LogP) is 3.26. The van der Waals surface area contributed by atoms with Gasteiger partial charge in [-0.3, -0.25) is 0 Å². The van der Waals surface area contributed by atoms with Gasteiger partial charge in [0, 0.05) is 19.6 Å². The normalized spacial score (nSPS) is 12.9. The summed E-state index contributed by atoms with van der Waals surface area (Å²) in [5.41, 5.74) is 6.29. The van der Waals surface area contributed by atoms with Crippen LogP contribution in [0, 0.1) is 0 Å². The Labute approximate surface area is 164 Å². The van der Waals surface area contributed by atoms with Gasteiger partial charge in [0.05, 0.1) is 5.66 Å². The van der Waals surface area contributed by atoms with Crippen LogP contribution in [0.2, 0.25) is 0 Å². The van der Waals surface area contributed by atoms with Gasteiger partial charge < -0.3 is 10.6 Å². The molecule has 140 valence electrons. The number of nitrogens with zero attached hydrogens (tertiary/aromatic N) is 1. The highest BCUT2D eigenvalue weighted by Gasteiger charge is 2.50. The fraction of sp³-hybridized carbons (Fsp3) is 0.250. The Hall–Kier alpha value is -1.99. The second kappa shape index (κ2) is 9.28. The molecule has 2 N–H and O–H groups in total. The molecule has 0 spiro atoms. The minimum absolute atomic E-state index is 0.473. The molecule has 2 nitrogen and oxygen atoms in total. The summed E-state index contributed by atoms with van der Waals surface area (Å²) in [6.07, 6.45) is 0. The molecule has 0 aromatic heterocycles. The van der Waals surface area contributed by atoms with Crippen molar-refractivity contribution in [2.75, 3.05) is 26.7 Å². The van der Waals surface area contributed by atoms with Crippen molar-refractivity contribution in [3.05, 3.63) is 91.0 Å². The van der Waals surface area contributed by atoms with Gasteiger partial charge in [-0.1, -0.05) is 54.6 Å². The number of hydrogen-bond donors (Lipinski definition) is 1. The van der Waals surface area contributed by atoms with Crippen molar-refractivity contribution in [1.82, 2.24) is 4.90 Å². The standard InChI is InChI=1S/C24H30N2P/c1-21(20-26(2)19-18-25)27(22-12-6-3-7-13-22,23-14-8-4-9-15-23)24-16-10-5-11-17-24/h3-17,21H,18-20,25H2,1-2H3/q+1. The summed E-state index contributed by atoms with van der Waals surface area (Å²) in [4.78, 5) is 2.37. The van der Waals surface area contributed by atoms with Crippen molar-refractivity contribution >= 4 is 23.2 Å². The molecular weight excluding hydrogens is 347 g/mol. The van der Waals surface area contributed by atoms with Crippen molar-refractivity contribution in [2.24, 2.45) is 5.73 Å². The highest BCUT2D eigenvalue weighted by atomic mass is 31.2. The fourth-order valence-corrected chi connectivity index (χ4v) is 8.96. The molecule has 0 amide bonds. The monoisotopic (exact) mass is 377 g/mol. The van der Waals surface area contributed by atoms with Crippen LogP contribution in [0.5, 0.6) is 0 Å². The number of nitrogens with two attached hydrogens (primary N) is 1. The first kappa shape index (κ1) is 19.8. The third kappa shape index (κ3) is 4.14. The summed E-state index contributed by atoms with van der Waals surface area (Å²) in [6, 6.07) is 33.2. The van der Waals surface area contributed by atoms with Crippen LogP contribution in [0.15, 0.2) is 91.0 Å². The maximum Gasteiger partial charge on any atom is 0.116 e. The zero-order chi connectivity index (χ0) is 19.1. The van der Waals surface area contributed by atoms with Crippen LogP contribution >= 0.6 is 7.26 Å². The third-order valence-corrected chi connectivity index (χ3v) is 10.1. The van der Waals surface area contributed by atoms with Crippen LogP contribution in [0.4, 0.5) is 0 Å². The van der Waals surface area contributed by atoms with Crippen LogP contribution in [-0.2, 0) is 0 Å². The summed E-state index contributed by atoms with van der Waals surface area (Å²) in [6.45, 7) is 5.04. The molecule has 3 heteroatoms. The van der Waals surface area contributed by atoms with Gasteiger partial charge in [-0.15, -0.1) is 0 Å². The maximum absolute atomic E-state index is 5.81. The van der Waals surface area contributed by atoms with E-state index in [1.807, 2.05) is 0 Å². The molecule has 0 aliphatic rings. The summed E-state index contributed by atoms with van der Waals surface area (Å²) in [5, 5.41) is 4.32. The summed E-state index contributed by atoms with van der Waals surface area (Å²) in [7, 11) is 0.375. The summed E-state index contributed by atoms with van der Waals surface area (Å²) >= 11 is 0. The smallest absolute Gasteiger partial charge is 0.116 e. The van der Waals surface area contributed by atoms with E-state index in [1.165, 1.54) is 15.9 Å². The lowest BCUT2D eigenvalue weighted by Crippen LogP contribution is -2.43. The highest BCUT2D eigenvalue weighted by molar-refractivity contribution is 7.96. The fourth-order valence-electron chi connectivity index (χ4n) is 4.09. The van der Waals surface area contributed by atoms with Crippen LogP contribution in [-0.4, -0.2) is 37.2 Å². The van der Waals surface area contributed by atoms with E-state index in [1.54, 1.807) is 0 Å².